The molecule has 0 N–H and O–H groups in total. The van der Waals surface area contributed by atoms with Gasteiger partial charge >= 0.3 is 0 Å². The number of ether oxygens (including phenoxy) is 1. The van der Waals surface area contributed by atoms with Crippen LogP contribution in [-0.2, 0) is 16.1 Å². The van der Waals surface area contributed by atoms with Crippen molar-refractivity contribution in [2.45, 2.75) is 38.0 Å². The van der Waals surface area contributed by atoms with Crippen LogP contribution in [0.25, 0.3) is 0 Å². The minimum Gasteiger partial charge on any atom is -0.363 e. The number of carbonyl (C=O) groups is 1. The van der Waals surface area contributed by atoms with Gasteiger partial charge in [-0.25, -0.2) is 0 Å². The van der Waals surface area contributed by atoms with Gasteiger partial charge < -0.3 is 9.64 Å². The minimum absolute atomic E-state index is 0.0150. The maximum atomic E-state index is 12.5. The van der Waals surface area contributed by atoms with Crippen molar-refractivity contribution in [1.82, 2.24) is 9.88 Å². The summed E-state index contributed by atoms with van der Waals surface area (Å²) in [5.41, 5.74) is 1.99. The van der Waals surface area contributed by atoms with Crippen LogP contribution in [0.15, 0.2) is 41.4 Å². The van der Waals surface area contributed by atoms with Gasteiger partial charge in [-0.3, -0.25) is 14.7 Å². The highest BCUT2D eigenvalue weighted by molar-refractivity contribution is 7.07. The molecule has 1 atom stereocenters. The molecule has 2 saturated heterocycles. The van der Waals surface area contributed by atoms with Crippen molar-refractivity contribution in [2.75, 3.05) is 24.6 Å². The van der Waals surface area contributed by atoms with Gasteiger partial charge in [0.1, 0.15) is 6.61 Å². The zero-order chi connectivity index (χ0) is 17.3. The molecule has 132 valence electrons. The average molecular weight is 357 g/mol. The van der Waals surface area contributed by atoms with Crippen LogP contribution in [0.2, 0.25) is 0 Å². The predicted molar refractivity (Wildman–Crippen MR) is 98.7 cm³/mol. The summed E-state index contributed by atoms with van der Waals surface area (Å²) in [6.45, 7) is 5.26. The Morgan fingerprint density at radius 2 is 2.20 bits per heavy atom. The summed E-state index contributed by atoms with van der Waals surface area (Å²) >= 11 is 1.75. The van der Waals surface area contributed by atoms with Crippen LogP contribution in [0, 0.1) is 0 Å². The van der Waals surface area contributed by atoms with Crippen molar-refractivity contribution in [2.24, 2.45) is 0 Å². The first-order chi connectivity index (χ1) is 12.2. The van der Waals surface area contributed by atoms with Gasteiger partial charge in [-0.2, -0.15) is 11.3 Å². The number of piperidine rings is 1. The first-order valence-corrected chi connectivity index (χ1v) is 9.72. The van der Waals surface area contributed by atoms with Gasteiger partial charge in [0, 0.05) is 25.8 Å². The molecule has 2 fully saturated rings. The van der Waals surface area contributed by atoms with E-state index in [1.165, 1.54) is 5.56 Å². The van der Waals surface area contributed by atoms with E-state index in [1.54, 1.807) is 23.7 Å². The number of anilines is 1. The van der Waals surface area contributed by atoms with Gasteiger partial charge in [0.25, 0.3) is 5.91 Å². The first kappa shape index (κ1) is 16.7. The lowest BCUT2D eigenvalue weighted by Crippen LogP contribution is -2.64. The van der Waals surface area contributed by atoms with E-state index in [0.717, 1.165) is 38.2 Å². The number of hydrogen-bond acceptors (Lipinski definition) is 5. The average Bonchev–Trinajstić information content (AvgIpc) is 3.15. The second-order valence-electron chi connectivity index (χ2n) is 6.91. The van der Waals surface area contributed by atoms with Gasteiger partial charge in [-0.1, -0.05) is 0 Å². The molecule has 4 heterocycles. The molecule has 0 radical (unpaired) electrons. The summed E-state index contributed by atoms with van der Waals surface area (Å²) in [4.78, 5) is 21.0. The van der Waals surface area contributed by atoms with Crippen molar-refractivity contribution >= 4 is 22.9 Å². The highest BCUT2D eigenvalue weighted by Gasteiger charge is 2.48. The zero-order valence-corrected chi connectivity index (χ0v) is 15.2. The number of hydrogen-bond donors (Lipinski definition) is 0. The molecule has 5 nitrogen and oxygen atoms in total. The summed E-state index contributed by atoms with van der Waals surface area (Å²) in [7, 11) is 0. The van der Waals surface area contributed by atoms with Crippen LogP contribution >= 0.6 is 11.3 Å². The Hall–Kier alpha value is -1.76. The van der Waals surface area contributed by atoms with Crippen LogP contribution in [0.5, 0.6) is 0 Å². The van der Waals surface area contributed by atoms with Crippen LogP contribution in [-0.4, -0.2) is 47.1 Å². The molecule has 2 aromatic rings. The summed E-state index contributed by atoms with van der Waals surface area (Å²) in [6.07, 6.45) is 5.39. The minimum atomic E-state index is -0.255. The third kappa shape index (κ3) is 3.21. The Labute approximate surface area is 152 Å². The van der Waals surface area contributed by atoms with Gasteiger partial charge in [0.05, 0.1) is 23.5 Å². The lowest BCUT2D eigenvalue weighted by molar-refractivity contribution is -0.152. The Morgan fingerprint density at radius 3 is 2.88 bits per heavy atom. The molecule has 0 bridgehead atoms. The number of carbonyl (C=O) groups excluding carboxylic acids is 1. The van der Waals surface area contributed by atoms with Crippen molar-refractivity contribution in [1.29, 1.82) is 0 Å². The molecule has 6 heteroatoms. The van der Waals surface area contributed by atoms with E-state index < -0.39 is 0 Å². The molecule has 2 aliphatic heterocycles. The fourth-order valence-electron chi connectivity index (χ4n) is 4.00. The van der Waals surface area contributed by atoms with Gasteiger partial charge in [0.2, 0.25) is 0 Å². The van der Waals surface area contributed by atoms with E-state index in [2.05, 4.69) is 33.6 Å². The second kappa shape index (κ2) is 6.86. The maximum Gasteiger partial charge on any atom is 0.253 e. The maximum absolute atomic E-state index is 12.5. The number of aromatic nitrogens is 1. The largest absolute Gasteiger partial charge is 0.363 e. The molecule has 1 amide bonds. The Balaban J connectivity index is 1.48. The molecule has 0 aliphatic carbocycles. The normalized spacial score (nSPS) is 24.0. The number of pyridine rings is 1. The van der Waals surface area contributed by atoms with Crippen molar-refractivity contribution in [3.63, 3.8) is 0 Å². The monoisotopic (exact) mass is 357 g/mol. The second-order valence-corrected chi connectivity index (χ2v) is 7.69. The van der Waals surface area contributed by atoms with Gasteiger partial charge in [-0.15, -0.1) is 0 Å². The zero-order valence-electron chi connectivity index (χ0n) is 14.4. The van der Waals surface area contributed by atoms with E-state index in [1.807, 2.05) is 17.0 Å². The Bertz CT molecular complexity index is 712. The Kier molecular flexibility index (Phi) is 4.58. The topological polar surface area (TPSA) is 45.7 Å². The molecule has 2 aromatic heterocycles. The van der Waals surface area contributed by atoms with Crippen LogP contribution in [0.1, 0.15) is 25.3 Å². The molecule has 1 spiro atoms. The lowest BCUT2D eigenvalue weighted by atomic mass is 9.82. The van der Waals surface area contributed by atoms with E-state index >= 15 is 0 Å². The Morgan fingerprint density at radius 1 is 1.36 bits per heavy atom. The third-order valence-electron chi connectivity index (χ3n) is 5.51. The fourth-order valence-corrected chi connectivity index (χ4v) is 4.66. The highest BCUT2D eigenvalue weighted by Crippen LogP contribution is 2.37. The molecule has 1 unspecified atom stereocenters. The quantitative estimate of drug-likeness (QED) is 0.847. The summed E-state index contributed by atoms with van der Waals surface area (Å²) < 4.78 is 6.13. The number of amides is 1. The summed E-state index contributed by atoms with van der Waals surface area (Å²) in [5.74, 6) is 0.0202. The predicted octanol–water partition coefficient (Wildman–Crippen LogP) is 2.93. The smallest absolute Gasteiger partial charge is 0.253 e. The molecule has 0 aromatic carbocycles. The van der Waals surface area contributed by atoms with Crippen molar-refractivity contribution in [3.8, 4) is 0 Å². The van der Waals surface area contributed by atoms with Crippen LogP contribution < -0.4 is 4.90 Å². The number of nitrogens with zero attached hydrogens (tertiary/aromatic N) is 3. The standard InChI is InChI=1S/C19H23N3O2S/c1-15-19(5-8-21(9-6-19)12-16-4-10-25-14-16)24-13-18(23)22(15)17-3-2-7-20-11-17/h2-4,7,10-11,14-15H,5-6,8-9,12-13H2,1H3. The number of rotatable bonds is 3. The SMILES string of the molecule is CC1N(c2cccnc2)C(=O)COC12CCN(Cc1ccsc1)CC2. The van der Waals surface area contributed by atoms with Gasteiger partial charge in [0.15, 0.2) is 0 Å². The molecule has 2 aliphatic rings. The van der Waals surface area contributed by atoms with Gasteiger partial charge in [-0.05, 0) is 54.3 Å². The molecular formula is C19H23N3O2S. The fraction of sp³-hybridized carbons (Fsp3) is 0.474. The summed E-state index contributed by atoms with van der Waals surface area (Å²) in [6, 6.07) is 6.03. The number of thiophene rings is 1. The van der Waals surface area contributed by atoms with E-state index in [-0.39, 0.29) is 24.2 Å². The molecule has 4 rings (SSSR count). The molecular weight excluding hydrogens is 334 g/mol. The van der Waals surface area contributed by atoms with Crippen molar-refractivity contribution in [3.05, 3.63) is 46.9 Å². The lowest BCUT2D eigenvalue weighted by Gasteiger charge is -2.51. The van der Waals surface area contributed by atoms with Crippen LogP contribution in [0.4, 0.5) is 5.69 Å². The highest BCUT2D eigenvalue weighted by atomic mass is 32.1. The molecule has 25 heavy (non-hydrogen) atoms. The summed E-state index contributed by atoms with van der Waals surface area (Å²) in [5, 5.41) is 4.34. The van der Waals surface area contributed by atoms with E-state index in [0.29, 0.717) is 0 Å². The third-order valence-corrected chi connectivity index (χ3v) is 6.25. The van der Waals surface area contributed by atoms with Crippen LogP contribution in [0.3, 0.4) is 0 Å². The van der Waals surface area contributed by atoms with E-state index in [9.17, 15) is 4.79 Å². The first-order valence-electron chi connectivity index (χ1n) is 8.77. The van der Waals surface area contributed by atoms with E-state index in [4.69, 9.17) is 4.74 Å². The number of likely N-dealkylation sites (tertiary alicyclic amines) is 1. The molecule has 0 saturated carbocycles. The van der Waals surface area contributed by atoms with Crippen molar-refractivity contribution < 1.29 is 9.53 Å². The number of morpholine rings is 1.